The third kappa shape index (κ3) is 18.1. The van der Waals surface area contributed by atoms with Gasteiger partial charge in [0, 0.05) is 0 Å². The molecule has 0 aromatic heterocycles. The van der Waals surface area contributed by atoms with Crippen molar-refractivity contribution >= 4 is 48.4 Å². The molecule has 0 N–H and O–H groups in total. The van der Waals surface area contributed by atoms with Crippen LogP contribution in [0.4, 0.5) is 0 Å². The average molecular weight is 654 g/mol. The Bertz CT molecular complexity index is 838. The molecule has 0 saturated carbocycles. The standard InChI is InChI=1S/2C17H27P.2ClH.Ni/c2*1-16(2,3)18(17(4,5)6)14-10-13-15-11-8-7-9-12-15;;;/h2*7-13H,14H2,1-6H3;2*1H;/q;;;;+2/p-2. The summed E-state index contributed by atoms with van der Waals surface area (Å²) in [5.74, 6) is 0. The molecule has 0 spiro atoms. The predicted molar refractivity (Wildman–Crippen MR) is 185 cm³/mol. The number of allylic oxidation sites excluding steroid dienone is 2. The van der Waals surface area contributed by atoms with E-state index >= 15 is 0 Å². The summed E-state index contributed by atoms with van der Waals surface area (Å²) < 4.78 is 0. The Morgan fingerprint density at radius 1 is 0.513 bits per heavy atom. The van der Waals surface area contributed by atoms with Crippen molar-refractivity contribution in [1.29, 1.82) is 0 Å². The van der Waals surface area contributed by atoms with Crippen molar-refractivity contribution in [1.82, 2.24) is 0 Å². The van der Waals surface area contributed by atoms with E-state index < -0.39 is 0 Å². The second kappa shape index (κ2) is 18.4. The van der Waals surface area contributed by atoms with Gasteiger partial charge in [-0.3, -0.25) is 0 Å². The van der Waals surface area contributed by atoms with E-state index in [0.717, 1.165) is 0 Å². The Kier molecular flexibility index (Phi) is 18.3. The molecule has 0 nitrogen and oxygen atoms in total. The van der Waals surface area contributed by atoms with Gasteiger partial charge in [-0.15, -0.1) is 0 Å². The van der Waals surface area contributed by atoms with Crippen LogP contribution < -0.4 is 0 Å². The quantitative estimate of drug-likeness (QED) is 0.215. The molecule has 2 aromatic rings. The molecule has 0 unspecified atom stereocenters. The van der Waals surface area contributed by atoms with E-state index in [0.29, 0.717) is 33.3 Å². The van der Waals surface area contributed by atoms with Gasteiger partial charge in [0.05, 0.1) is 0 Å². The summed E-state index contributed by atoms with van der Waals surface area (Å²) in [6.07, 6.45) is 11.6. The molecule has 39 heavy (non-hydrogen) atoms. The maximum atomic E-state index is 4.70. The summed E-state index contributed by atoms with van der Waals surface area (Å²) in [4.78, 5) is 0. The zero-order valence-corrected chi connectivity index (χ0v) is 30.8. The van der Waals surface area contributed by atoms with Gasteiger partial charge in [0.15, 0.2) is 0 Å². The van der Waals surface area contributed by atoms with Crippen molar-refractivity contribution in [2.75, 3.05) is 12.3 Å². The molecule has 0 heterocycles. The predicted octanol–water partition coefficient (Wildman–Crippen LogP) is 12.9. The first-order valence-electron chi connectivity index (χ1n) is 13.6. The van der Waals surface area contributed by atoms with Gasteiger partial charge in [-0.2, -0.15) is 0 Å². The molecule has 0 atom stereocenters. The van der Waals surface area contributed by atoms with E-state index in [-0.39, 0.29) is 15.8 Å². The average Bonchev–Trinajstić information content (AvgIpc) is 2.79. The Labute approximate surface area is 259 Å². The van der Waals surface area contributed by atoms with Crippen molar-refractivity contribution in [2.24, 2.45) is 0 Å². The van der Waals surface area contributed by atoms with E-state index in [1.165, 1.54) is 23.5 Å². The van der Waals surface area contributed by atoms with Gasteiger partial charge in [0.2, 0.25) is 0 Å². The molecule has 0 aliphatic heterocycles. The molecule has 5 heteroatoms. The van der Waals surface area contributed by atoms with Crippen LogP contribution in [0.25, 0.3) is 12.2 Å². The van der Waals surface area contributed by atoms with Crippen LogP contribution in [0.15, 0.2) is 72.8 Å². The number of hydrogen-bond acceptors (Lipinski definition) is 0. The zero-order chi connectivity index (χ0) is 30.3. The minimum atomic E-state index is -0.0258. The first-order chi connectivity index (χ1) is 17.8. The van der Waals surface area contributed by atoms with E-state index in [1.807, 2.05) is 0 Å². The molecule has 0 amide bonds. The van der Waals surface area contributed by atoms with Crippen LogP contribution in [0.1, 0.15) is 94.2 Å². The Morgan fingerprint density at radius 2 is 0.744 bits per heavy atom. The first-order valence-corrected chi connectivity index (χ1v) is 19.4. The molecule has 0 aliphatic carbocycles. The normalized spacial score (nSPS) is 13.0. The second-order valence-electron chi connectivity index (χ2n) is 13.6. The van der Waals surface area contributed by atoms with Gasteiger partial charge >= 0.3 is 33.0 Å². The van der Waals surface area contributed by atoms with Crippen molar-refractivity contribution in [2.45, 2.75) is 104 Å². The topological polar surface area (TPSA) is 0 Å². The summed E-state index contributed by atoms with van der Waals surface area (Å²) in [6, 6.07) is 21.1. The van der Waals surface area contributed by atoms with Gasteiger partial charge in [-0.25, -0.2) is 0 Å². The third-order valence-electron chi connectivity index (χ3n) is 6.03. The summed E-state index contributed by atoms with van der Waals surface area (Å²) in [5, 5.41) is 1.65. The Balaban J connectivity index is 0.000000673. The number of halogens is 2. The Hall–Kier alpha value is -0.146. The van der Waals surface area contributed by atoms with Crippen molar-refractivity contribution in [3.05, 3.63) is 83.9 Å². The Morgan fingerprint density at radius 3 is 0.949 bits per heavy atom. The van der Waals surface area contributed by atoms with Crippen LogP contribution in [-0.4, -0.2) is 32.9 Å². The van der Waals surface area contributed by atoms with Crippen LogP contribution in [-0.2, 0) is 12.7 Å². The third-order valence-corrected chi connectivity index (χ3v) is 13.7. The van der Waals surface area contributed by atoms with E-state index in [4.69, 9.17) is 20.4 Å². The van der Waals surface area contributed by atoms with Crippen LogP contribution in [0.3, 0.4) is 0 Å². The second-order valence-corrected chi connectivity index (χ2v) is 23.0. The van der Waals surface area contributed by atoms with E-state index in [1.54, 1.807) is 0 Å². The van der Waals surface area contributed by atoms with E-state index in [9.17, 15) is 0 Å². The van der Waals surface area contributed by atoms with Crippen LogP contribution in [0, 0.1) is 0 Å². The molecular weight excluding hydrogens is 600 g/mol. The molecule has 0 bridgehead atoms. The van der Waals surface area contributed by atoms with Crippen molar-refractivity contribution < 1.29 is 12.7 Å². The van der Waals surface area contributed by atoms with Gasteiger partial charge in [-0.05, 0) is 44.1 Å². The molecule has 224 valence electrons. The fourth-order valence-electron chi connectivity index (χ4n) is 4.82. The summed E-state index contributed by atoms with van der Waals surface area (Å²) in [7, 11) is 9.35. The van der Waals surface area contributed by atoms with Gasteiger partial charge < -0.3 is 0 Å². The molecule has 2 aromatic carbocycles. The molecule has 2 rings (SSSR count). The first kappa shape index (κ1) is 38.9. The minimum absolute atomic E-state index is 0.0258. The summed E-state index contributed by atoms with van der Waals surface area (Å²) >= 11 is 0.569. The van der Waals surface area contributed by atoms with E-state index in [2.05, 4.69) is 168 Å². The molecule has 0 aliphatic rings. The summed E-state index contributed by atoms with van der Waals surface area (Å²) in [5.41, 5.74) is 2.60. The fraction of sp³-hybridized carbons (Fsp3) is 0.529. The SMILES string of the molecule is CC(C)(C)P(CC=Cc1ccccc1)C(C)(C)C.CC(C)(C)P(CC=Cc1ccccc1)C(C)(C)C.[Cl][Ni][Cl]. The van der Waals surface area contributed by atoms with Crippen LogP contribution in [0.2, 0.25) is 0 Å². The molecule has 0 radical (unpaired) electrons. The van der Waals surface area contributed by atoms with Crippen LogP contribution >= 0.6 is 36.2 Å². The maximum absolute atomic E-state index is 4.70. The van der Waals surface area contributed by atoms with Gasteiger partial charge in [-0.1, -0.05) is 184 Å². The van der Waals surface area contributed by atoms with Gasteiger partial charge in [0.1, 0.15) is 0 Å². The number of hydrogen-bond donors (Lipinski definition) is 0. The molecule has 0 saturated heterocycles. The zero-order valence-electron chi connectivity index (χ0n) is 26.5. The number of benzene rings is 2. The van der Waals surface area contributed by atoms with Crippen molar-refractivity contribution in [3.63, 3.8) is 0 Å². The summed E-state index contributed by atoms with van der Waals surface area (Å²) in [6.45, 7) is 28.5. The number of rotatable bonds is 6. The van der Waals surface area contributed by atoms with Crippen molar-refractivity contribution in [3.8, 4) is 0 Å². The molecular formula is C34H54Cl2NiP2. The fourth-order valence-corrected chi connectivity index (χ4v) is 11.7. The molecule has 0 fully saturated rings. The monoisotopic (exact) mass is 652 g/mol. The van der Waals surface area contributed by atoms with Crippen LogP contribution in [0.5, 0.6) is 0 Å². The van der Waals surface area contributed by atoms with Gasteiger partial charge in [0.25, 0.3) is 0 Å².